The van der Waals surface area contributed by atoms with E-state index >= 15 is 0 Å². The Morgan fingerprint density at radius 1 is 0.833 bits per heavy atom. The molecule has 0 spiro atoms. The van der Waals surface area contributed by atoms with Crippen LogP contribution in [0.15, 0.2) is 102 Å². The minimum absolute atomic E-state index is 0.167. The van der Waals surface area contributed by atoms with Crippen LogP contribution < -0.4 is 15.5 Å². The lowest BCUT2D eigenvalue weighted by Crippen LogP contribution is -2.44. The van der Waals surface area contributed by atoms with Crippen LogP contribution in [0.3, 0.4) is 0 Å². The predicted molar refractivity (Wildman–Crippen MR) is 144 cm³/mol. The predicted octanol–water partition coefficient (Wildman–Crippen LogP) is 5.34. The third-order valence-corrected chi connectivity index (χ3v) is 6.45. The first-order chi connectivity index (χ1) is 17.5. The number of hydrogen-bond acceptors (Lipinski definition) is 4. The van der Waals surface area contributed by atoms with Crippen molar-refractivity contribution in [1.29, 1.82) is 0 Å². The van der Waals surface area contributed by atoms with Crippen LogP contribution in [0.4, 0.5) is 11.4 Å². The third kappa shape index (κ3) is 6.46. The van der Waals surface area contributed by atoms with Crippen molar-refractivity contribution in [2.45, 2.75) is 25.9 Å². The van der Waals surface area contributed by atoms with Gasteiger partial charge in [0.25, 0.3) is 0 Å². The van der Waals surface area contributed by atoms with E-state index in [9.17, 15) is 14.4 Å². The molecule has 3 amide bonds. The van der Waals surface area contributed by atoms with Gasteiger partial charge in [-0.15, -0.1) is 11.3 Å². The average Bonchev–Trinajstić information content (AvgIpc) is 3.40. The lowest BCUT2D eigenvalue weighted by molar-refractivity contribution is -0.126. The maximum atomic E-state index is 13.8. The van der Waals surface area contributed by atoms with Crippen LogP contribution in [-0.2, 0) is 27.3 Å². The first kappa shape index (κ1) is 24.9. The summed E-state index contributed by atoms with van der Waals surface area (Å²) in [6.45, 7) is 1.78. The Labute approximate surface area is 214 Å². The van der Waals surface area contributed by atoms with Gasteiger partial charge < -0.3 is 10.6 Å². The molecule has 0 saturated carbocycles. The molecular weight excluding hydrogens is 470 g/mol. The molecule has 1 atom stereocenters. The molecule has 0 radical (unpaired) electrons. The molecule has 3 aromatic carbocycles. The summed E-state index contributed by atoms with van der Waals surface area (Å²) in [5.41, 5.74) is 2.85. The highest BCUT2D eigenvalue weighted by Crippen LogP contribution is 2.30. The zero-order chi connectivity index (χ0) is 25.3. The van der Waals surface area contributed by atoms with E-state index in [1.54, 1.807) is 29.2 Å². The number of thiophene rings is 1. The van der Waals surface area contributed by atoms with E-state index < -0.39 is 6.04 Å². The van der Waals surface area contributed by atoms with Crippen LogP contribution in [0.2, 0.25) is 0 Å². The van der Waals surface area contributed by atoms with E-state index in [0.717, 1.165) is 10.4 Å². The maximum Gasteiger partial charge on any atom is 0.248 e. The number of anilines is 2. The molecule has 0 fully saturated rings. The highest BCUT2D eigenvalue weighted by atomic mass is 32.1. The molecule has 0 aliphatic rings. The summed E-state index contributed by atoms with van der Waals surface area (Å²) >= 11 is 1.50. The first-order valence-corrected chi connectivity index (χ1v) is 12.5. The number of carbonyl (C=O) groups excluding carboxylic acids is 3. The van der Waals surface area contributed by atoms with Gasteiger partial charge in [-0.3, -0.25) is 19.3 Å². The molecule has 4 aromatic rings. The summed E-state index contributed by atoms with van der Waals surface area (Å²) in [4.78, 5) is 41.4. The second-order valence-electron chi connectivity index (χ2n) is 8.26. The van der Waals surface area contributed by atoms with E-state index in [1.165, 1.54) is 18.3 Å². The van der Waals surface area contributed by atoms with Gasteiger partial charge in [0.2, 0.25) is 17.7 Å². The van der Waals surface area contributed by atoms with Crippen LogP contribution >= 0.6 is 11.3 Å². The zero-order valence-corrected chi connectivity index (χ0v) is 20.7. The van der Waals surface area contributed by atoms with E-state index in [1.807, 2.05) is 78.2 Å². The number of benzene rings is 3. The van der Waals surface area contributed by atoms with Gasteiger partial charge in [0.05, 0.1) is 6.42 Å². The molecule has 182 valence electrons. The van der Waals surface area contributed by atoms with E-state index in [4.69, 9.17) is 0 Å². The Morgan fingerprint density at radius 3 is 2.11 bits per heavy atom. The summed E-state index contributed by atoms with van der Waals surface area (Å²) in [5, 5.41) is 7.68. The molecule has 1 aromatic heterocycles. The number of nitrogens with zero attached hydrogens (tertiary/aromatic N) is 1. The summed E-state index contributed by atoms with van der Waals surface area (Å²) in [6.07, 6.45) is 0.167. The van der Waals surface area contributed by atoms with Gasteiger partial charge in [-0.25, -0.2) is 0 Å². The summed E-state index contributed by atoms with van der Waals surface area (Å²) in [5.74, 6) is -0.667. The van der Waals surface area contributed by atoms with Crippen molar-refractivity contribution in [3.8, 4) is 0 Å². The molecule has 36 heavy (non-hydrogen) atoms. The van der Waals surface area contributed by atoms with Crippen LogP contribution in [0.25, 0.3) is 0 Å². The van der Waals surface area contributed by atoms with Crippen molar-refractivity contribution in [2.75, 3.05) is 10.2 Å². The molecule has 0 aliphatic carbocycles. The Kier molecular flexibility index (Phi) is 8.26. The summed E-state index contributed by atoms with van der Waals surface area (Å²) in [6, 6.07) is 28.8. The van der Waals surface area contributed by atoms with Gasteiger partial charge in [-0.1, -0.05) is 66.7 Å². The Balaban J connectivity index is 1.71. The average molecular weight is 498 g/mol. The third-order valence-electron chi connectivity index (χ3n) is 5.57. The Hall–Kier alpha value is -4.23. The van der Waals surface area contributed by atoms with Crippen molar-refractivity contribution in [3.63, 3.8) is 0 Å². The highest BCUT2D eigenvalue weighted by molar-refractivity contribution is 7.10. The van der Waals surface area contributed by atoms with Gasteiger partial charge in [0, 0.05) is 29.7 Å². The topological polar surface area (TPSA) is 78.5 Å². The van der Waals surface area contributed by atoms with Gasteiger partial charge in [0.15, 0.2) is 0 Å². The van der Waals surface area contributed by atoms with Crippen LogP contribution in [0.1, 0.15) is 29.0 Å². The van der Waals surface area contributed by atoms with Crippen LogP contribution in [0, 0.1) is 0 Å². The molecular formula is C29H27N3O3S. The second kappa shape index (κ2) is 12.0. The molecule has 0 aliphatic heterocycles. The van der Waals surface area contributed by atoms with Crippen molar-refractivity contribution < 1.29 is 14.4 Å². The van der Waals surface area contributed by atoms with E-state index in [2.05, 4.69) is 10.6 Å². The standard InChI is InChI=1S/C29H27N3O3S/c1-21(33)31-24-14-16-25(17-15-24)32(27(34)19-26-13-8-18-36-26)28(23-11-6-3-7-12-23)29(35)30-20-22-9-4-2-5-10-22/h2-18,28H,19-20H2,1H3,(H,30,35)(H,31,33). The summed E-state index contributed by atoms with van der Waals surface area (Å²) < 4.78 is 0. The number of carbonyl (C=O) groups is 3. The smallest absolute Gasteiger partial charge is 0.248 e. The molecule has 7 heteroatoms. The minimum Gasteiger partial charge on any atom is -0.350 e. The lowest BCUT2D eigenvalue weighted by atomic mass is 10.0. The first-order valence-electron chi connectivity index (χ1n) is 11.6. The van der Waals surface area contributed by atoms with Crippen molar-refractivity contribution in [3.05, 3.63) is 118 Å². The largest absolute Gasteiger partial charge is 0.350 e. The minimum atomic E-state index is -0.881. The Morgan fingerprint density at radius 2 is 1.50 bits per heavy atom. The van der Waals surface area contributed by atoms with Crippen molar-refractivity contribution in [1.82, 2.24) is 5.32 Å². The monoisotopic (exact) mass is 497 g/mol. The van der Waals surface area contributed by atoms with Crippen LogP contribution in [0.5, 0.6) is 0 Å². The fourth-order valence-corrected chi connectivity index (χ4v) is 4.62. The molecule has 0 saturated heterocycles. The van der Waals surface area contributed by atoms with Crippen LogP contribution in [-0.4, -0.2) is 17.7 Å². The normalized spacial score (nSPS) is 11.4. The van der Waals surface area contributed by atoms with Gasteiger partial charge in [-0.05, 0) is 46.8 Å². The molecule has 1 unspecified atom stereocenters. The molecule has 6 nitrogen and oxygen atoms in total. The Bertz CT molecular complexity index is 1290. The zero-order valence-electron chi connectivity index (χ0n) is 19.9. The number of amides is 3. The fourth-order valence-electron chi connectivity index (χ4n) is 3.93. The van der Waals surface area contributed by atoms with E-state index in [-0.39, 0.29) is 24.1 Å². The SMILES string of the molecule is CC(=O)Nc1ccc(N(C(=O)Cc2cccs2)C(C(=O)NCc2ccccc2)c2ccccc2)cc1. The number of rotatable bonds is 9. The van der Waals surface area contributed by atoms with Crippen molar-refractivity contribution in [2.24, 2.45) is 0 Å². The highest BCUT2D eigenvalue weighted by Gasteiger charge is 2.32. The van der Waals surface area contributed by atoms with E-state index in [0.29, 0.717) is 23.5 Å². The molecule has 0 bridgehead atoms. The molecule has 2 N–H and O–H groups in total. The number of nitrogens with one attached hydrogen (secondary N) is 2. The quantitative estimate of drug-likeness (QED) is 0.328. The maximum absolute atomic E-state index is 13.8. The fraction of sp³-hybridized carbons (Fsp3) is 0.138. The lowest BCUT2D eigenvalue weighted by Gasteiger charge is -2.31. The number of hydrogen-bond donors (Lipinski definition) is 2. The summed E-state index contributed by atoms with van der Waals surface area (Å²) in [7, 11) is 0. The van der Waals surface area contributed by atoms with Gasteiger partial charge in [0.1, 0.15) is 6.04 Å². The molecule has 1 heterocycles. The van der Waals surface area contributed by atoms with Gasteiger partial charge in [-0.2, -0.15) is 0 Å². The van der Waals surface area contributed by atoms with Crippen molar-refractivity contribution >= 4 is 40.4 Å². The second-order valence-corrected chi connectivity index (χ2v) is 9.30. The molecule has 4 rings (SSSR count). The van der Waals surface area contributed by atoms with Gasteiger partial charge >= 0.3 is 0 Å².